The van der Waals surface area contributed by atoms with Gasteiger partial charge in [0, 0.05) is 6.20 Å². The number of aromatic nitrogens is 2. The Labute approximate surface area is 105 Å². The molecule has 0 atom stereocenters. The number of aromatic hydroxyl groups is 1. The van der Waals surface area contributed by atoms with E-state index in [9.17, 15) is 9.90 Å². The van der Waals surface area contributed by atoms with Gasteiger partial charge in [-0.05, 0) is 24.6 Å². The smallest absolute Gasteiger partial charge is 0.341 e. The van der Waals surface area contributed by atoms with Crippen LogP contribution in [0.2, 0.25) is 0 Å². The number of benzene rings is 1. The van der Waals surface area contributed by atoms with Crippen LogP contribution in [0.5, 0.6) is 5.75 Å². The van der Waals surface area contributed by atoms with E-state index in [2.05, 4.69) is 5.10 Å². The fraction of sp³-hybridized carbons (Fsp3) is 0.231. The van der Waals surface area contributed by atoms with Gasteiger partial charge in [0.25, 0.3) is 0 Å². The standard InChI is InChI=1S/C13H14N2O3/c1-2-18-13(17)11-7-14-15(9-11)8-10-3-5-12(16)6-4-10/h3-7,9,16H,2,8H2,1H3. The van der Waals surface area contributed by atoms with Crippen molar-refractivity contribution in [3.05, 3.63) is 47.8 Å². The molecule has 5 heteroatoms. The Morgan fingerprint density at radius 2 is 2.11 bits per heavy atom. The monoisotopic (exact) mass is 246 g/mol. The Morgan fingerprint density at radius 3 is 2.78 bits per heavy atom. The van der Waals surface area contributed by atoms with Crippen LogP contribution in [-0.4, -0.2) is 27.5 Å². The molecule has 0 aliphatic heterocycles. The van der Waals surface area contributed by atoms with Crippen molar-refractivity contribution >= 4 is 5.97 Å². The molecule has 0 amide bonds. The van der Waals surface area contributed by atoms with Crippen molar-refractivity contribution in [1.82, 2.24) is 9.78 Å². The predicted octanol–water partition coefficient (Wildman–Crippen LogP) is 1.81. The van der Waals surface area contributed by atoms with Crippen LogP contribution in [0.3, 0.4) is 0 Å². The minimum Gasteiger partial charge on any atom is -0.508 e. The minimum atomic E-state index is -0.366. The molecule has 0 bridgehead atoms. The van der Waals surface area contributed by atoms with E-state index < -0.39 is 0 Å². The molecule has 1 aromatic carbocycles. The zero-order valence-corrected chi connectivity index (χ0v) is 10.0. The van der Waals surface area contributed by atoms with Crippen LogP contribution in [0.4, 0.5) is 0 Å². The third-order valence-corrected chi connectivity index (χ3v) is 2.43. The molecule has 94 valence electrons. The molecule has 0 spiro atoms. The van der Waals surface area contributed by atoms with Gasteiger partial charge in [0.15, 0.2) is 0 Å². The quantitative estimate of drug-likeness (QED) is 0.836. The number of phenolic OH excluding ortho intramolecular Hbond substituents is 1. The zero-order valence-electron chi connectivity index (χ0n) is 10.0. The van der Waals surface area contributed by atoms with E-state index in [-0.39, 0.29) is 11.7 Å². The number of ether oxygens (including phenoxy) is 1. The largest absolute Gasteiger partial charge is 0.508 e. The van der Waals surface area contributed by atoms with Crippen LogP contribution in [0.25, 0.3) is 0 Å². The van der Waals surface area contributed by atoms with Gasteiger partial charge < -0.3 is 9.84 Å². The summed E-state index contributed by atoms with van der Waals surface area (Å²) < 4.78 is 6.53. The van der Waals surface area contributed by atoms with Crippen LogP contribution in [0, 0.1) is 0 Å². The Kier molecular flexibility index (Phi) is 3.62. The Bertz CT molecular complexity index is 531. The number of carbonyl (C=O) groups excluding carboxylic acids is 1. The molecule has 0 aliphatic rings. The fourth-order valence-electron chi connectivity index (χ4n) is 1.56. The lowest BCUT2D eigenvalue weighted by Gasteiger charge is -2.01. The van der Waals surface area contributed by atoms with Gasteiger partial charge in [-0.25, -0.2) is 4.79 Å². The average molecular weight is 246 g/mol. The Hall–Kier alpha value is -2.30. The van der Waals surface area contributed by atoms with Gasteiger partial charge in [-0.2, -0.15) is 5.10 Å². The Balaban J connectivity index is 2.06. The summed E-state index contributed by atoms with van der Waals surface area (Å²) in [6, 6.07) is 6.85. The maximum Gasteiger partial charge on any atom is 0.341 e. The number of carbonyl (C=O) groups is 1. The summed E-state index contributed by atoms with van der Waals surface area (Å²) in [6.07, 6.45) is 3.13. The number of nitrogens with zero attached hydrogens (tertiary/aromatic N) is 2. The summed E-state index contributed by atoms with van der Waals surface area (Å²) in [7, 11) is 0. The van der Waals surface area contributed by atoms with Gasteiger partial charge in [0.2, 0.25) is 0 Å². The molecule has 18 heavy (non-hydrogen) atoms. The topological polar surface area (TPSA) is 64.3 Å². The third-order valence-electron chi connectivity index (χ3n) is 2.43. The molecule has 5 nitrogen and oxygen atoms in total. The van der Waals surface area contributed by atoms with E-state index in [4.69, 9.17) is 4.74 Å². The maximum atomic E-state index is 11.4. The minimum absolute atomic E-state index is 0.228. The van der Waals surface area contributed by atoms with Crippen molar-refractivity contribution in [2.24, 2.45) is 0 Å². The predicted molar refractivity (Wildman–Crippen MR) is 65.4 cm³/mol. The molecule has 0 aliphatic carbocycles. The molecule has 0 radical (unpaired) electrons. The molecule has 1 N–H and O–H groups in total. The van der Waals surface area contributed by atoms with Crippen LogP contribution >= 0.6 is 0 Å². The first kappa shape index (κ1) is 12.2. The van der Waals surface area contributed by atoms with E-state index in [1.165, 1.54) is 6.20 Å². The van der Waals surface area contributed by atoms with Crippen molar-refractivity contribution in [2.45, 2.75) is 13.5 Å². The van der Waals surface area contributed by atoms with E-state index in [0.29, 0.717) is 18.7 Å². The number of hydrogen-bond acceptors (Lipinski definition) is 4. The third kappa shape index (κ3) is 2.88. The highest BCUT2D eigenvalue weighted by Crippen LogP contribution is 2.11. The van der Waals surface area contributed by atoms with Crippen molar-refractivity contribution in [3.8, 4) is 5.75 Å². The highest BCUT2D eigenvalue weighted by Gasteiger charge is 2.09. The van der Waals surface area contributed by atoms with Crippen LogP contribution in [-0.2, 0) is 11.3 Å². The summed E-state index contributed by atoms with van der Waals surface area (Å²) in [6.45, 7) is 2.65. The second kappa shape index (κ2) is 5.35. The molecular weight excluding hydrogens is 232 g/mol. The van der Waals surface area contributed by atoms with Crippen molar-refractivity contribution in [3.63, 3.8) is 0 Å². The van der Waals surface area contributed by atoms with E-state index in [1.54, 1.807) is 42.1 Å². The van der Waals surface area contributed by atoms with Crippen molar-refractivity contribution < 1.29 is 14.6 Å². The molecule has 0 saturated carbocycles. The molecule has 1 aromatic heterocycles. The molecule has 0 fully saturated rings. The molecular formula is C13H14N2O3. The van der Waals surface area contributed by atoms with Gasteiger partial charge in [0.05, 0.1) is 24.9 Å². The molecule has 0 saturated heterocycles. The highest BCUT2D eigenvalue weighted by molar-refractivity contribution is 5.88. The number of phenols is 1. The van der Waals surface area contributed by atoms with Gasteiger partial charge in [-0.1, -0.05) is 12.1 Å². The van der Waals surface area contributed by atoms with Crippen LogP contribution < -0.4 is 0 Å². The van der Waals surface area contributed by atoms with E-state index in [0.717, 1.165) is 5.56 Å². The molecule has 2 aromatic rings. The highest BCUT2D eigenvalue weighted by atomic mass is 16.5. The van der Waals surface area contributed by atoms with Crippen LogP contribution in [0.1, 0.15) is 22.8 Å². The van der Waals surface area contributed by atoms with E-state index in [1.807, 2.05) is 0 Å². The second-order valence-corrected chi connectivity index (χ2v) is 3.81. The maximum absolute atomic E-state index is 11.4. The summed E-state index contributed by atoms with van der Waals surface area (Å²) >= 11 is 0. The summed E-state index contributed by atoms with van der Waals surface area (Å²) in [5.74, 6) is -0.138. The van der Waals surface area contributed by atoms with Crippen molar-refractivity contribution in [2.75, 3.05) is 6.61 Å². The van der Waals surface area contributed by atoms with Crippen LogP contribution in [0.15, 0.2) is 36.7 Å². The average Bonchev–Trinajstić information content (AvgIpc) is 2.81. The zero-order chi connectivity index (χ0) is 13.0. The summed E-state index contributed by atoms with van der Waals surface area (Å²) in [4.78, 5) is 11.4. The SMILES string of the molecule is CCOC(=O)c1cnn(Cc2ccc(O)cc2)c1. The first-order valence-corrected chi connectivity index (χ1v) is 5.66. The summed E-state index contributed by atoms with van der Waals surface area (Å²) in [5, 5.41) is 13.3. The Morgan fingerprint density at radius 1 is 1.39 bits per heavy atom. The lowest BCUT2D eigenvalue weighted by molar-refractivity contribution is 0.0526. The normalized spacial score (nSPS) is 10.3. The van der Waals surface area contributed by atoms with Crippen molar-refractivity contribution in [1.29, 1.82) is 0 Å². The number of esters is 1. The number of hydrogen-bond donors (Lipinski definition) is 1. The second-order valence-electron chi connectivity index (χ2n) is 3.81. The molecule has 2 rings (SSSR count). The van der Waals surface area contributed by atoms with Gasteiger partial charge in [-0.3, -0.25) is 4.68 Å². The lowest BCUT2D eigenvalue weighted by Crippen LogP contribution is -2.04. The van der Waals surface area contributed by atoms with Gasteiger partial charge in [0.1, 0.15) is 5.75 Å². The summed E-state index contributed by atoms with van der Waals surface area (Å²) in [5.41, 5.74) is 1.43. The van der Waals surface area contributed by atoms with Gasteiger partial charge in [-0.15, -0.1) is 0 Å². The first-order chi connectivity index (χ1) is 8.69. The van der Waals surface area contributed by atoms with E-state index >= 15 is 0 Å². The first-order valence-electron chi connectivity index (χ1n) is 5.66. The lowest BCUT2D eigenvalue weighted by atomic mass is 10.2. The number of rotatable bonds is 4. The molecule has 1 heterocycles. The molecule has 0 unspecified atom stereocenters. The fourth-order valence-corrected chi connectivity index (χ4v) is 1.56. The van der Waals surface area contributed by atoms with Gasteiger partial charge >= 0.3 is 5.97 Å².